The molecule has 2 heterocycles. The Kier molecular flexibility index (Phi) is 5.14. The van der Waals surface area contributed by atoms with Crippen LogP contribution in [0.4, 0.5) is 0 Å². The molecule has 1 aliphatic heterocycles. The van der Waals surface area contributed by atoms with Gasteiger partial charge in [-0.15, -0.1) is 0 Å². The van der Waals surface area contributed by atoms with Crippen LogP contribution in [0.1, 0.15) is 12.1 Å². The van der Waals surface area contributed by atoms with Gasteiger partial charge < -0.3 is 9.15 Å². The lowest BCUT2D eigenvalue weighted by molar-refractivity contribution is -0.152. The number of hydrogen-bond donors (Lipinski definition) is 1. The van der Waals surface area contributed by atoms with E-state index in [4.69, 9.17) is 9.15 Å². The standard InChI is InChI=1S/C16H16IN3O4/c1-23-16(22)11-6-14(21)19-20(7-11)8-13-9-24-15(18-13)10-2-4-12(17)5-3-10/h2-5,9,11H,6-8H2,1H3,(H,19,21)/t11-/m1/s1. The molecule has 1 saturated heterocycles. The SMILES string of the molecule is COC(=O)[C@@H]1CC(=O)NN(Cc2coc(-c3ccc(I)cc3)n2)C1. The van der Waals surface area contributed by atoms with Gasteiger partial charge in [-0.1, -0.05) is 0 Å². The van der Waals surface area contributed by atoms with Crippen LogP contribution in [0.3, 0.4) is 0 Å². The van der Waals surface area contributed by atoms with Crippen LogP contribution >= 0.6 is 22.6 Å². The number of esters is 1. The van der Waals surface area contributed by atoms with Gasteiger partial charge in [0.2, 0.25) is 11.8 Å². The number of nitrogens with zero attached hydrogens (tertiary/aromatic N) is 2. The maximum atomic E-state index is 11.7. The number of nitrogens with one attached hydrogen (secondary N) is 1. The summed E-state index contributed by atoms with van der Waals surface area (Å²) < 4.78 is 11.4. The Morgan fingerprint density at radius 2 is 2.21 bits per heavy atom. The molecule has 7 nitrogen and oxygen atoms in total. The smallest absolute Gasteiger partial charge is 0.310 e. The molecule has 1 aromatic carbocycles. The summed E-state index contributed by atoms with van der Waals surface area (Å²) in [6, 6.07) is 7.83. The van der Waals surface area contributed by atoms with E-state index in [0.717, 1.165) is 9.13 Å². The van der Waals surface area contributed by atoms with Crippen molar-refractivity contribution in [2.45, 2.75) is 13.0 Å². The number of carbonyl (C=O) groups is 2. The van der Waals surface area contributed by atoms with E-state index in [1.165, 1.54) is 7.11 Å². The van der Waals surface area contributed by atoms with E-state index in [1.54, 1.807) is 11.3 Å². The van der Waals surface area contributed by atoms with Crippen LogP contribution in [-0.4, -0.2) is 35.5 Å². The molecule has 0 aliphatic carbocycles. The lowest BCUT2D eigenvalue weighted by Gasteiger charge is -2.30. The third kappa shape index (κ3) is 3.93. The number of carbonyl (C=O) groups excluding carboxylic acids is 2. The Morgan fingerprint density at radius 3 is 2.92 bits per heavy atom. The summed E-state index contributed by atoms with van der Waals surface area (Å²) in [7, 11) is 1.32. The molecule has 126 valence electrons. The Bertz CT molecular complexity index is 744. The van der Waals surface area contributed by atoms with Gasteiger partial charge in [0.1, 0.15) is 6.26 Å². The average molecular weight is 441 g/mol. The van der Waals surface area contributed by atoms with Crippen molar-refractivity contribution < 1.29 is 18.7 Å². The van der Waals surface area contributed by atoms with E-state index in [0.29, 0.717) is 24.7 Å². The number of aromatic nitrogens is 1. The zero-order valence-electron chi connectivity index (χ0n) is 13.0. The molecule has 24 heavy (non-hydrogen) atoms. The second kappa shape index (κ2) is 7.31. The average Bonchev–Trinajstić information content (AvgIpc) is 3.02. The first-order chi connectivity index (χ1) is 11.5. The van der Waals surface area contributed by atoms with E-state index < -0.39 is 5.92 Å². The van der Waals surface area contributed by atoms with Gasteiger partial charge in [-0.2, -0.15) is 0 Å². The maximum Gasteiger partial charge on any atom is 0.310 e. The van der Waals surface area contributed by atoms with Crippen molar-refractivity contribution >= 4 is 34.5 Å². The number of ether oxygens (including phenoxy) is 1. The van der Waals surface area contributed by atoms with E-state index in [1.807, 2.05) is 24.3 Å². The lowest BCUT2D eigenvalue weighted by Crippen LogP contribution is -2.51. The molecular weight excluding hydrogens is 425 g/mol. The van der Waals surface area contributed by atoms with Gasteiger partial charge in [0.05, 0.1) is 25.3 Å². The van der Waals surface area contributed by atoms with Gasteiger partial charge in [0.25, 0.3) is 0 Å². The maximum absolute atomic E-state index is 11.7. The highest BCUT2D eigenvalue weighted by Gasteiger charge is 2.31. The number of halogens is 1. The monoisotopic (exact) mass is 441 g/mol. The molecule has 1 aliphatic rings. The molecule has 0 bridgehead atoms. The molecule has 1 fully saturated rings. The molecule has 8 heteroatoms. The molecule has 1 amide bonds. The largest absolute Gasteiger partial charge is 0.469 e. The highest BCUT2D eigenvalue weighted by molar-refractivity contribution is 14.1. The predicted molar refractivity (Wildman–Crippen MR) is 93.3 cm³/mol. The van der Waals surface area contributed by atoms with Crippen LogP contribution in [0.15, 0.2) is 34.9 Å². The van der Waals surface area contributed by atoms with Crippen molar-refractivity contribution in [3.8, 4) is 11.5 Å². The fourth-order valence-electron chi connectivity index (χ4n) is 2.55. The summed E-state index contributed by atoms with van der Waals surface area (Å²) in [6.45, 7) is 0.733. The molecule has 0 unspecified atom stereocenters. The number of rotatable bonds is 4. The molecule has 1 atom stereocenters. The normalized spacial score (nSPS) is 18.2. The summed E-state index contributed by atoms with van der Waals surface area (Å²) in [5.74, 6) is -0.534. The van der Waals surface area contributed by atoms with Crippen LogP contribution < -0.4 is 5.43 Å². The van der Waals surface area contributed by atoms with Crippen molar-refractivity contribution in [1.82, 2.24) is 15.4 Å². The first kappa shape index (κ1) is 16.9. The van der Waals surface area contributed by atoms with Gasteiger partial charge >= 0.3 is 5.97 Å². The van der Waals surface area contributed by atoms with Crippen molar-refractivity contribution in [3.63, 3.8) is 0 Å². The highest BCUT2D eigenvalue weighted by Crippen LogP contribution is 2.21. The number of benzene rings is 1. The minimum atomic E-state index is -0.466. The van der Waals surface area contributed by atoms with Crippen molar-refractivity contribution in [3.05, 3.63) is 39.8 Å². The number of oxazole rings is 1. The summed E-state index contributed by atoms with van der Waals surface area (Å²) in [5, 5.41) is 1.66. The summed E-state index contributed by atoms with van der Waals surface area (Å²) >= 11 is 2.23. The number of amides is 1. The third-order valence-electron chi connectivity index (χ3n) is 3.69. The number of methoxy groups -OCH3 is 1. The molecule has 0 radical (unpaired) electrons. The summed E-state index contributed by atoms with van der Waals surface area (Å²) in [6.07, 6.45) is 1.69. The van der Waals surface area contributed by atoms with Crippen LogP contribution in [0, 0.1) is 9.49 Å². The fraction of sp³-hybridized carbons (Fsp3) is 0.312. The van der Waals surface area contributed by atoms with Crippen LogP contribution in [-0.2, 0) is 20.9 Å². The van der Waals surface area contributed by atoms with E-state index in [-0.39, 0.29) is 18.3 Å². The summed E-state index contributed by atoms with van der Waals surface area (Å²) in [4.78, 5) is 27.9. The zero-order valence-corrected chi connectivity index (χ0v) is 15.1. The van der Waals surface area contributed by atoms with E-state index >= 15 is 0 Å². The Morgan fingerprint density at radius 1 is 1.46 bits per heavy atom. The molecule has 3 rings (SSSR count). The third-order valence-corrected chi connectivity index (χ3v) is 4.40. The molecule has 1 aromatic heterocycles. The fourth-order valence-corrected chi connectivity index (χ4v) is 2.91. The van der Waals surface area contributed by atoms with E-state index in [9.17, 15) is 9.59 Å². The van der Waals surface area contributed by atoms with Gasteiger partial charge in [-0.05, 0) is 46.9 Å². The minimum absolute atomic E-state index is 0.135. The zero-order chi connectivity index (χ0) is 17.1. The first-order valence-corrected chi connectivity index (χ1v) is 8.45. The van der Waals surface area contributed by atoms with Gasteiger partial charge in [0.15, 0.2) is 0 Å². The second-order valence-corrected chi connectivity index (χ2v) is 6.74. The quantitative estimate of drug-likeness (QED) is 0.577. The second-order valence-electron chi connectivity index (χ2n) is 5.49. The predicted octanol–water partition coefficient (Wildman–Crippen LogP) is 1.97. The molecule has 0 saturated carbocycles. The number of hydrazine groups is 1. The van der Waals surface area contributed by atoms with Crippen LogP contribution in [0.5, 0.6) is 0 Å². The Balaban J connectivity index is 1.68. The van der Waals surface area contributed by atoms with Crippen molar-refractivity contribution in [1.29, 1.82) is 0 Å². The van der Waals surface area contributed by atoms with Gasteiger partial charge in [-0.25, -0.2) is 9.99 Å². The summed E-state index contributed by atoms with van der Waals surface area (Å²) in [5.41, 5.74) is 4.30. The number of hydrogen-bond acceptors (Lipinski definition) is 6. The van der Waals surface area contributed by atoms with Gasteiger partial charge in [0, 0.05) is 22.1 Å². The highest BCUT2D eigenvalue weighted by atomic mass is 127. The van der Waals surface area contributed by atoms with Crippen molar-refractivity contribution in [2.75, 3.05) is 13.7 Å². The Labute approximate surface area is 152 Å². The Hall–Kier alpha value is -1.94. The molecule has 1 N–H and O–H groups in total. The topological polar surface area (TPSA) is 84.7 Å². The van der Waals surface area contributed by atoms with Crippen LogP contribution in [0.2, 0.25) is 0 Å². The minimum Gasteiger partial charge on any atom is -0.469 e. The molecule has 0 spiro atoms. The van der Waals surface area contributed by atoms with Crippen LogP contribution in [0.25, 0.3) is 11.5 Å². The van der Waals surface area contributed by atoms with E-state index in [2.05, 4.69) is 33.0 Å². The molecular formula is C16H16IN3O4. The first-order valence-electron chi connectivity index (χ1n) is 7.38. The van der Waals surface area contributed by atoms with Gasteiger partial charge in [-0.3, -0.25) is 15.0 Å². The lowest BCUT2D eigenvalue weighted by atomic mass is 10.0. The van der Waals surface area contributed by atoms with Crippen molar-refractivity contribution in [2.24, 2.45) is 5.92 Å². The molecule has 2 aromatic rings.